The molecule has 0 aliphatic rings. The molecule has 2 rings (SSSR count). The summed E-state index contributed by atoms with van der Waals surface area (Å²) in [5.41, 5.74) is 9.13. The lowest BCUT2D eigenvalue weighted by atomic mass is 9.87. The van der Waals surface area contributed by atoms with E-state index in [0.717, 1.165) is 17.8 Å². The minimum Gasteiger partial charge on any atom is -0.330 e. The first-order chi connectivity index (χ1) is 8.52. The molecular formula is C14H20N4. The molecule has 0 unspecified atom stereocenters. The topological polar surface area (TPSA) is 56.7 Å². The molecular weight excluding hydrogens is 224 g/mol. The first kappa shape index (κ1) is 12.8. The maximum absolute atomic E-state index is 5.58. The lowest BCUT2D eigenvalue weighted by molar-refractivity contribution is 0.590. The summed E-state index contributed by atoms with van der Waals surface area (Å²) in [6, 6.07) is 8.44. The molecule has 0 bridgehead atoms. The van der Waals surface area contributed by atoms with Gasteiger partial charge < -0.3 is 5.73 Å². The fourth-order valence-electron chi connectivity index (χ4n) is 1.89. The summed E-state index contributed by atoms with van der Waals surface area (Å²) in [5, 5.41) is 8.05. The Kier molecular flexibility index (Phi) is 3.48. The Balaban J connectivity index is 2.32. The molecule has 2 aromatic rings. The van der Waals surface area contributed by atoms with Gasteiger partial charge in [-0.15, -0.1) is 5.10 Å². The average Bonchev–Trinajstić information content (AvgIpc) is 2.77. The van der Waals surface area contributed by atoms with Gasteiger partial charge in [-0.1, -0.05) is 38.1 Å². The van der Waals surface area contributed by atoms with E-state index in [1.54, 1.807) is 6.20 Å². The molecule has 0 amide bonds. The number of benzene rings is 1. The molecule has 18 heavy (non-hydrogen) atoms. The van der Waals surface area contributed by atoms with Gasteiger partial charge in [0.15, 0.2) is 0 Å². The minimum atomic E-state index is 0.168. The third kappa shape index (κ3) is 2.59. The summed E-state index contributed by atoms with van der Waals surface area (Å²) in [6.45, 7) is 7.22. The van der Waals surface area contributed by atoms with Crippen LogP contribution in [0.5, 0.6) is 0 Å². The number of aromatic nitrogens is 3. The highest BCUT2D eigenvalue weighted by molar-refractivity contribution is 5.37. The fraction of sp³-hybridized carbons (Fsp3) is 0.429. The molecule has 1 heterocycles. The van der Waals surface area contributed by atoms with E-state index in [1.165, 1.54) is 5.56 Å². The zero-order chi connectivity index (χ0) is 13.2. The Bertz CT molecular complexity index is 505. The average molecular weight is 244 g/mol. The number of hydrogen-bond acceptors (Lipinski definition) is 3. The largest absolute Gasteiger partial charge is 0.330 e. The molecule has 0 aliphatic carbocycles. The molecule has 0 radical (unpaired) electrons. The van der Waals surface area contributed by atoms with E-state index in [1.807, 2.05) is 4.68 Å². The van der Waals surface area contributed by atoms with Crippen molar-refractivity contribution >= 4 is 0 Å². The smallest absolute Gasteiger partial charge is 0.0730 e. The summed E-state index contributed by atoms with van der Waals surface area (Å²) >= 11 is 0. The molecule has 96 valence electrons. The molecule has 4 nitrogen and oxygen atoms in total. The van der Waals surface area contributed by atoms with Crippen molar-refractivity contribution in [3.63, 3.8) is 0 Å². The summed E-state index contributed by atoms with van der Waals surface area (Å²) in [6.07, 6.45) is 2.55. The lowest BCUT2D eigenvalue weighted by Crippen LogP contribution is -2.12. The number of rotatable bonds is 3. The van der Waals surface area contributed by atoms with Crippen LogP contribution in [0.3, 0.4) is 0 Å². The summed E-state index contributed by atoms with van der Waals surface area (Å²) in [4.78, 5) is 0. The molecule has 0 fully saturated rings. The molecule has 0 saturated carbocycles. The molecule has 0 saturated heterocycles. The summed E-state index contributed by atoms with van der Waals surface area (Å²) in [5.74, 6) is 0. The van der Waals surface area contributed by atoms with Crippen LogP contribution in [0, 0.1) is 0 Å². The van der Waals surface area contributed by atoms with E-state index in [-0.39, 0.29) is 5.41 Å². The summed E-state index contributed by atoms with van der Waals surface area (Å²) < 4.78 is 1.85. The Morgan fingerprint density at radius 2 is 1.83 bits per heavy atom. The number of nitrogens with zero attached hydrogens (tertiary/aromatic N) is 3. The molecule has 4 heteroatoms. The monoisotopic (exact) mass is 244 g/mol. The Morgan fingerprint density at radius 3 is 2.39 bits per heavy atom. The maximum Gasteiger partial charge on any atom is 0.0730 e. The second-order valence-corrected chi connectivity index (χ2v) is 5.47. The second kappa shape index (κ2) is 4.90. The SMILES string of the molecule is CC(C)(C)c1ccc(-n2nncc2CCN)cc1. The highest BCUT2D eigenvalue weighted by atomic mass is 15.4. The highest BCUT2D eigenvalue weighted by Crippen LogP contribution is 2.23. The molecule has 0 aliphatic heterocycles. The molecule has 0 spiro atoms. The van der Waals surface area contributed by atoms with Gasteiger partial charge in [0.25, 0.3) is 0 Å². The normalized spacial score (nSPS) is 11.8. The van der Waals surface area contributed by atoms with Crippen LogP contribution >= 0.6 is 0 Å². The van der Waals surface area contributed by atoms with Crippen molar-refractivity contribution in [1.82, 2.24) is 15.0 Å². The minimum absolute atomic E-state index is 0.168. The fourth-order valence-corrected chi connectivity index (χ4v) is 1.89. The van der Waals surface area contributed by atoms with Crippen molar-refractivity contribution < 1.29 is 0 Å². The number of hydrogen-bond donors (Lipinski definition) is 1. The lowest BCUT2D eigenvalue weighted by Gasteiger charge is -2.19. The van der Waals surface area contributed by atoms with E-state index in [9.17, 15) is 0 Å². The van der Waals surface area contributed by atoms with Gasteiger partial charge in [-0.2, -0.15) is 0 Å². The van der Waals surface area contributed by atoms with Crippen LogP contribution in [-0.4, -0.2) is 21.5 Å². The molecule has 2 N–H and O–H groups in total. The van der Waals surface area contributed by atoms with E-state index in [4.69, 9.17) is 5.73 Å². The van der Waals surface area contributed by atoms with Crippen molar-refractivity contribution in [2.45, 2.75) is 32.6 Å². The van der Waals surface area contributed by atoms with E-state index >= 15 is 0 Å². The van der Waals surface area contributed by atoms with Crippen LogP contribution in [0.25, 0.3) is 5.69 Å². The zero-order valence-electron chi connectivity index (χ0n) is 11.2. The van der Waals surface area contributed by atoms with Crippen molar-refractivity contribution in [3.8, 4) is 5.69 Å². The van der Waals surface area contributed by atoms with Crippen molar-refractivity contribution in [2.24, 2.45) is 5.73 Å². The van der Waals surface area contributed by atoms with Gasteiger partial charge in [-0.3, -0.25) is 0 Å². The predicted octanol–water partition coefficient (Wildman–Crippen LogP) is 2.07. The Hall–Kier alpha value is -1.68. The van der Waals surface area contributed by atoms with E-state index in [0.29, 0.717) is 6.54 Å². The Morgan fingerprint density at radius 1 is 1.17 bits per heavy atom. The molecule has 1 aromatic carbocycles. The third-order valence-corrected chi connectivity index (χ3v) is 3.00. The van der Waals surface area contributed by atoms with E-state index in [2.05, 4.69) is 55.3 Å². The van der Waals surface area contributed by atoms with Gasteiger partial charge >= 0.3 is 0 Å². The van der Waals surface area contributed by atoms with Crippen molar-refractivity contribution in [1.29, 1.82) is 0 Å². The van der Waals surface area contributed by atoms with Crippen LogP contribution in [0.2, 0.25) is 0 Å². The summed E-state index contributed by atoms with van der Waals surface area (Å²) in [7, 11) is 0. The van der Waals surface area contributed by atoms with Crippen LogP contribution < -0.4 is 5.73 Å². The van der Waals surface area contributed by atoms with Gasteiger partial charge in [0.1, 0.15) is 0 Å². The van der Waals surface area contributed by atoms with Gasteiger partial charge in [-0.25, -0.2) is 4.68 Å². The van der Waals surface area contributed by atoms with Crippen LogP contribution in [-0.2, 0) is 11.8 Å². The maximum atomic E-state index is 5.58. The standard InChI is InChI=1S/C14H20N4/c1-14(2,3)11-4-6-12(7-5-11)18-13(8-9-15)10-16-17-18/h4-7,10H,8-9,15H2,1-3H3. The van der Waals surface area contributed by atoms with Gasteiger partial charge in [0.2, 0.25) is 0 Å². The van der Waals surface area contributed by atoms with Gasteiger partial charge in [0.05, 0.1) is 17.6 Å². The quantitative estimate of drug-likeness (QED) is 0.899. The van der Waals surface area contributed by atoms with Gasteiger partial charge in [-0.05, 0) is 29.7 Å². The Labute approximate surface area is 108 Å². The molecule has 1 aromatic heterocycles. The first-order valence-electron chi connectivity index (χ1n) is 6.23. The zero-order valence-corrected chi connectivity index (χ0v) is 11.2. The third-order valence-electron chi connectivity index (χ3n) is 3.00. The van der Waals surface area contributed by atoms with Crippen LogP contribution in [0.4, 0.5) is 0 Å². The highest BCUT2D eigenvalue weighted by Gasteiger charge is 2.13. The first-order valence-corrected chi connectivity index (χ1v) is 6.23. The predicted molar refractivity (Wildman–Crippen MR) is 72.8 cm³/mol. The van der Waals surface area contributed by atoms with Crippen molar-refractivity contribution in [3.05, 3.63) is 41.7 Å². The van der Waals surface area contributed by atoms with Crippen LogP contribution in [0.1, 0.15) is 32.0 Å². The second-order valence-electron chi connectivity index (χ2n) is 5.47. The molecule has 0 atom stereocenters. The van der Waals surface area contributed by atoms with Crippen LogP contribution in [0.15, 0.2) is 30.5 Å². The van der Waals surface area contributed by atoms with Crippen molar-refractivity contribution in [2.75, 3.05) is 6.54 Å². The number of nitrogens with two attached hydrogens (primary N) is 1. The van der Waals surface area contributed by atoms with E-state index < -0.39 is 0 Å². The van der Waals surface area contributed by atoms with Gasteiger partial charge in [0, 0.05) is 6.42 Å².